The highest BCUT2D eigenvalue weighted by Gasteiger charge is 2.24. The molecular formula is C17H15NOS. The minimum absolute atomic E-state index is 0.0140. The first-order valence-corrected chi connectivity index (χ1v) is 7.73. The average molecular weight is 281 g/mol. The molecule has 2 aromatic rings. The van der Waals surface area contributed by atoms with Gasteiger partial charge in [-0.15, -0.1) is 11.8 Å². The predicted molar refractivity (Wildman–Crippen MR) is 84.5 cm³/mol. The molecule has 0 radical (unpaired) electrons. The third-order valence-electron chi connectivity index (χ3n) is 3.46. The van der Waals surface area contributed by atoms with Gasteiger partial charge in [-0.05, 0) is 35.1 Å². The summed E-state index contributed by atoms with van der Waals surface area (Å²) in [5.74, 6) is 0.0140. The van der Waals surface area contributed by atoms with E-state index in [1.54, 1.807) is 11.8 Å². The second-order valence-electron chi connectivity index (χ2n) is 4.63. The number of nitrogens with one attached hydrogen (secondary N) is 1. The van der Waals surface area contributed by atoms with E-state index in [0.717, 1.165) is 22.3 Å². The molecule has 100 valence electrons. The molecule has 0 saturated carbocycles. The van der Waals surface area contributed by atoms with Crippen LogP contribution in [0.15, 0.2) is 59.5 Å². The maximum Gasteiger partial charge on any atom is 0.252 e. The molecule has 1 amide bonds. The molecule has 2 aromatic carbocycles. The Bertz CT molecular complexity index is 659. The maximum atomic E-state index is 12.1. The molecule has 1 N–H and O–H groups in total. The van der Waals surface area contributed by atoms with Crippen molar-refractivity contribution >= 4 is 28.8 Å². The van der Waals surface area contributed by atoms with E-state index in [4.69, 9.17) is 0 Å². The van der Waals surface area contributed by atoms with Crippen LogP contribution in [-0.2, 0) is 4.79 Å². The van der Waals surface area contributed by atoms with E-state index in [0.29, 0.717) is 6.54 Å². The number of thioether (sulfide) groups is 1. The van der Waals surface area contributed by atoms with Gasteiger partial charge in [-0.25, -0.2) is 0 Å². The molecule has 0 fully saturated rings. The lowest BCUT2D eigenvalue weighted by molar-refractivity contribution is -0.114. The van der Waals surface area contributed by atoms with Crippen molar-refractivity contribution in [2.75, 3.05) is 12.8 Å². The fourth-order valence-corrected chi connectivity index (χ4v) is 2.84. The Labute approximate surface area is 122 Å². The molecule has 1 aliphatic heterocycles. The van der Waals surface area contributed by atoms with Crippen LogP contribution in [0, 0.1) is 0 Å². The Balaban J connectivity index is 2.08. The maximum absolute atomic E-state index is 12.1. The summed E-state index contributed by atoms with van der Waals surface area (Å²) in [4.78, 5) is 13.3. The summed E-state index contributed by atoms with van der Waals surface area (Å²) < 4.78 is 0. The smallest absolute Gasteiger partial charge is 0.252 e. The van der Waals surface area contributed by atoms with Crippen molar-refractivity contribution in [1.82, 2.24) is 5.32 Å². The zero-order valence-corrected chi connectivity index (χ0v) is 12.0. The molecule has 1 aliphatic rings. The highest BCUT2D eigenvalue weighted by Crippen LogP contribution is 2.30. The Morgan fingerprint density at radius 1 is 0.950 bits per heavy atom. The van der Waals surface area contributed by atoms with Crippen LogP contribution in [0.5, 0.6) is 0 Å². The molecule has 0 aliphatic carbocycles. The lowest BCUT2D eigenvalue weighted by Crippen LogP contribution is -2.16. The van der Waals surface area contributed by atoms with Crippen molar-refractivity contribution in [2.24, 2.45) is 0 Å². The van der Waals surface area contributed by atoms with Gasteiger partial charge >= 0.3 is 0 Å². The minimum atomic E-state index is 0.0140. The van der Waals surface area contributed by atoms with Crippen molar-refractivity contribution in [3.05, 3.63) is 65.7 Å². The van der Waals surface area contributed by atoms with Gasteiger partial charge in [0.15, 0.2) is 0 Å². The summed E-state index contributed by atoms with van der Waals surface area (Å²) in [5.41, 5.74) is 3.96. The van der Waals surface area contributed by atoms with Crippen LogP contribution in [0.4, 0.5) is 0 Å². The largest absolute Gasteiger partial charge is 0.348 e. The van der Waals surface area contributed by atoms with Gasteiger partial charge < -0.3 is 5.32 Å². The third kappa shape index (κ3) is 2.37. The van der Waals surface area contributed by atoms with Gasteiger partial charge in [0.05, 0.1) is 5.57 Å². The summed E-state index contributed by atoms with van der Waals surface area (Å²) in [5, 5.41) is 2.93. The molecule has 0 spiro atoms. The number of carbonyl (C=O) groups is 1. The molecule has 0 bridgehead atoms. The van der Waals surface area contributed by atoms with Crippen LogP contribution in [0.3, 0.4) is 0 Å². The van der Waals surface area contributed by atoms with Gasteiger partial charge in [-0.1, -0.05) is 42.5 Å². The Kier molecular flexibility index (Phi) is 3.61. The third-order valence-corrected chi connectivity index (χ3v) is 4.20. The average Bonchev–Trinajstić information content (AvgIpc) is 2.90. The van der Waals surface area contributed by atoms with Gasteiger partial charge in [0.25, 0.3) is 5.91 Å². The summed E-state index contributed by atoms with van der Waals surface area (Å²) in [6, 6.07) is 18.2. The first-order valence-electron chi connectivity index (χ1n) is 6.51. The topological polar surface area (TPSA) is 29.1 Å². The Hall–Kier alpha value is -2.00. The Morgan fingerprint density at radius 2 is 1.65 bits per heavy atom. The van der Waals surface area contributed by atoms with Gasteiger partial charge in [-0.3, -0.25) is 4.79 Å². The number of benzene rings is 2. The molecule has 3 heteroatoms. The second kappa shape index (κ2) is 5.55. The zero-order valence-electron chi connectivity index (χ0n) is 11.2. The Morgan fingerprint density at radius 3 is 2.30 bits per heavy atom. The van der Waals surface area contributed by atoms with E-state index in [-0.39, 0.29) is 5.91 Å². The SMILES string of the molecule is CSc1ccc(C2=C(c3ccccc3)C(=O)NC2)cc1. The van der Waals surface area contributed by atoms with Gasteiger partial charge in [-0.2, -0.15) is 0 Å². The van der Waals surface area contributed by atoms with Crippen LogP contribution in [-0.4, -0.2) is 18.7 Å². The first-order chi connectivity index (χ1) is 9.79. The summed E-state index contributed by atoms with van der Waals surface area (Å²) in [7, 11) is 0. The van der Waals surface area contributed by atoms with Crippen molar-refractivity contribution in [2.45, 2.75) is 4.90 Å². The molecule has 0 atom stereocenters. The van der Waals surface area contributed by atoms with Crippen molar-refractivity contribution < 1.29 is 4.79 Å². The number of amides is 1. The second-order valence-corrected chi connectivity index (χ2v) is 5.51. The normalized spacial score (nSPS) is 14.6. The fourth-order valence-electron chi connectivity index (χ4n) is 2.43. The molecule has 3 rings (SSSR count). The summed E-state index contributed by atoms with van der Waals surface area (Å²) in [6.07, 6.45) is 2.06. The standard InChI is InChI=1S/C17H15NOS/c1-20-14-9-7-12(8-10-14)15-11-18-17(19)16(15)13-5-3-2-4-6-13/h2-10H,11H2,1H3,(H,18,19). The van der Waals surface area contributed by atoms with Gasteiger partial charge in [0.2, 0.25) is 0 Å². The predicted octanol–water partition coefficient (Wildman–Crippen LogP) is 3.45. The van der Waals surface area contributed by atoms with Crippen LogP contribution in [0.2, 0.25) is 0 Å². The quantitative estimate of drug-likeness (QED) is 0.873. The first kappa shape index (κ1) is 13.0. The molecular weight excluding hydrogens is 266 g/mol. The van der Waals surface area contributed by atoms with Crippen molar-refractivity contribution in [1.29, 1.82) is 0 Å². The van der Waals surface area contributed by atoms with Gasteiger partial charge in [0.1, 0.15) is 0 Å². The number of rotatable bonds is 3. The van der Waals surface area contributed by atoms with Crippen LogP contribution in [0.1, 0.15) is 11.1 Å². The molecule has 1 heterocycles. The lowest BCUT2D eigenvalue weighted by Gasteiger charge is -2.06. The summed E-state index contributed by atoms with van der Waals surface area (Å²) >= 11 is 1.72. The number of hydrogen-bond acceptors (Lipinski definition) is 2. The molecule has 20 heavy (non-hydrogen) atoms. The molecule has 0 aromatic heterocycles. The van der Waals surface area contributed by atoms with Crippen LogP contribution in [0.25, 0.3) is 11.1 Å². The minimum Gasteiger partial charge on any atom is -0.348 e. The molecule has 0 saturated heterocycles. The van der Waals surface area contributed by atoms with E-state index in [1.807, 2.05) is 30.3 Å². The van der Waals surface area contributed by atoms with E-state index in [1.165, 1.54) is 4.90 Å². The fraction of sp³-hybridized carbons (Fsp3) is 0.118. The van der Waals surface area contributed by atoms with Crippen molar-refractivity contribution in [3.63, 3.8) is 0 Å². The van der Waals surface area contributed by atoms with Gasteiger partial charge in [0, 0.05) is 11.4 Å². The van der Waals surface area contributed by atoms with E-state index in [2.05, 4.69) is 35.8 Å². The lowest BCUT2D eigenvalue weighted by atomic mass is 9.97. The van der Waals surface area contributed by atoms with Crippen LogP contribution >= 0.6 is 11.8 Å². The molecule has 2 nitrogen and oxygen atoms in total. The van der Waals surface area contributed by atoms with E-state index in [9.17, 15) is 4.79 Å². The van der Waals surface area contributed by atoms with E-state index < -0.39 is 0 Å². The summed E-state index contributed by atoms with van der Waals surface area (Å²) in [6.45, 7) is 0.599. The monoisotopic (exact) mass is 281 g/mol. The number of carbonyl (C=O) groups excluding carboxylic acids is 1. The van der Waals surface area contributed by atoms with Crippen LogP contribution < -0.4 is 5.32 Å². The van der Waals surface area contributed by atoms with Crippen molar-refractivity contribution in [3.8, 4) is 0 Å². The van der Waals surface area contributed by atoms with E-state index >= 15 is 0 Å². The highest BCUT2D eigenvalue weighted by atomic mass is 32.2. The molecule has 0 unspecified atom stereocenters. The zero-order chi connectivity index (χ0) is 13.9. The highest BCUT2D eigenvalue weighted by molar-refractivity contribution is 7.98. The number of hydrogen-bond donors (Lipinski definition) is 1.